The second-order valence-corrected chi connectivity index (χ2v) is 7.45. The van der Waals surface area contributed by atoms with Crippen LogP contribution in [0.5, 0.6) is 11.5 Å². The molecule has 1 amide bonds. The first-order valence-corrected chi connectivity index (χ1v) is 10.1. The molecule has 10 nitrogen and oxygen atoms in total. The Bertz CT molecular complexity index is 1150. The van der Waals surface area contributed by atoms with Crippen LogP contribution in [0.1, 0.15) is 23.2 Å². The van der Waals surface area contributed by atoms with E-state index in [2.05, 4.69) is 31.6 Å². The van der Waals surface area contributed by atoms with E-state index in [0.717, 1.165) is 6.54 Å². The fourth-order valence-corrected chi connectivity index (χ4v) is 3.38. The summed E-state index contributed by atoms with van der Waals surface area (Å²) in [5.74, 6) is 1.55. The van der Waals surface area contributed by atoms with Gasteiger partial charge in [-0.1, -0.05) is 0 Å². The first-order chi connectivity index (χ1) is 15.1. The molecular weight excluding hydrogens is 405 g/mol. The monoisotopic (exact) mass is 427 g/mol. The molecule has 2 aliphatic rings. The fourth-order valence-electron chi connectivity index (χ4n) is 3.38. The van der Waals surface area contributed by atoms with Gasteiger partial charge in [0.25, 0.3) is 5.91 Å². The average Bonchev–Trinajstić information content (AvgIpc) is 3.49. The molecule has 1 fully saturated rings. The zero-order chi connectivity index (χ0) is 21.4. The molecule has 11 heteroatoms. The number of hydrogen-bond donors (Lipinski definition) is 4. The standard InChI is InChI=1S/C20H22FN7O3/c1-22-17-8-16(25-14-6-12(21)7-15-18(14)31-5-4-30-15)26-19-13(10-24-28(17)19)20(29)27-23-9-11-2-3-11/h6-8,10-11,22-23H,2-5,9H2,1H3,(H,25,26)(H,27,29). The molecule has 0 spiro atoms. The zero-order valence-corrected chi connectivity index (χ0v) is 16.9. The van der Waals surface area contributed by atoms with Crippen molar-refractivity contribution in [2.24, 2.45) is 5.92 Å². The maximum absolute atomic E-state index is 14.1. The molecule has 1 aliphatic carbocycles. The van der Waals surface area contributed by atoms with Crippen molar-refractivity contribution in [3.63, 3.8) is 0 Å². The lowest BCUT2D eigenvalue weighted by Gasteiger charge is -2.21. The predicted octanol–water partition coefficient (Wildman–Crippen LogP) is 2.07. The number of rotatable bonds is 7. The normalized spacial score (nSPS) is 15.0. The number of anilines is 3. The Labute approximate surface area is 177 Å². The lowest BCUT2D eigenvalue weighted by atomic mass is 10.2. The van der Waals surface area contributed by atoms with Crippen molar-refractivity contribution in [3.8, 4) is 11.5 Å². The van der Waals surface area contributed by atoms with Crippen LogP contribution in [-0.2, 0) is 0 Å². The van der Waals surface area contributed by atoms with E-state index in [1.807, 2.05) is 0 Å². The molecule has 2 aromatic heterocycles. The van der Waals surface area contributed by atoms with Gasteiger partial charge in [-0.3, -0.25) is 10.2 Å². The van der Waals surface area contributed by atoms with E-state index in [4.69, 9.17) is 9.47 Å². The van der Waals surface area contributed by atoms with E-state index in [1.54, 1.807) is 13.1 Å². The minimum atomic E-state index is -0.465. The summed E-state index contributed by atoms with van der Waals surface area (Å²) < 4.78 is 26.7. The van der Waals surface area contributed by atoms with Crippen molar-refractivity contribution in [2.45, 2.75) is 12.8 Å². The van der Waals surface area contributed by atoms with Gasteiger partial charge in [-0.05, 0) is 18.8 Å². The minimum absolute atomic E-state index is 0.310. The quantitative estimate of drug-likeness (QED) is 0.424. The lowest BCUT2D eigenvalue weighted by molar-refractivity contribution is 0.0934. The number of amides is 1. The van der Waals surface area contributed by atoms with E-state index in [-0.39, 0.29) is 5.91 Å². The minimum Gasteiger partial charge on any atom is -0.486 e. The molecule has 0 atom stereocenters. The number of aromatic nitrogens is 3. The smallest absolute Gasteiger partial charge is 0.270 e. The maximum Gasteiger partial charge on any atom is 0.270 e. The third-order valence-electron chi connectivity index (χ3n) is 5.13. The second kappa shape index (κ2) is 7.91. The van der Waals surface area contributed by atoms with Crippen LogP contribution < -0.4 is 31.0 Å². The van der Waals surface area contributed by atoms with Gasteiger partial charge in [0.1, 0.15) is 36.2 Å². The summed E-state index contributed by atoms with van der Waals surface area (Å²) in [6.45, 7) is 1.45. The number of benzene rings is 1. The first kappa shape index (κ1) is 19.4. The van der Waals surface area contributed by atoms with Gasteiger partial charge >= 0.3 is 0 Å². The highest BCUT2D eigenvalue weighted by molar-refractivity contribution is 5.99. The van der Waals surface area contributed by atoms with E-state index < -0.39 is 5.82 Å². The third kappa shape index (κ3) is 3.91. The topological polar surface area (TPSA) is 114 Å². The Morgan fingerprint density at radius 3 is 2.90 bits per heavy atom. The Balaban J connectivity index is 1.46. The molecule has 0 bridgehead atoms. The summed E-state index contributed by atoms with van der Waals surface area (Å²) in [4.78, 5) is 17.2. The number of fused-ring (bicyclic) bond motifs is 2. The molecule has 0 radical (unpaired) electrons. The van der Waals surface area contributed by atoms with E-state index in [1.165, 1.54) is 35.7 Å². The Kier molecular flexibility index (Phi) is 4.94. The molecule has 31 heavy (non-hydrogen) atoms. The van der Waals surface area contributed by atoms with Crippen molar-refractivity contribution in [2.75, 3.05) is 37.4 Å². The van der Waals surface area contributed by atoms with E-state index >= 15 is 0 Å². The number of ether oxygens (including phenoxy) is 2. The summed E-state index contributed by atoms with van der Waals surface area (Å²) in [5.41, 5.74) is 6.69. The Morgan fingerprint density at radius 1 is 1.26 bits per heavy atom. The van der Waals surface area contributed by atoms with Gasteiger partial charge in [0.2, 0.25) is 0 Å². The van der Waals surface area contributed by atoms with Crippen LogP contribution in [0.4, 0.5) is 21.7 Å². The maximum atomic E-state index is 14.1. The molecule has 0 unspecified atom stereocenters. The zero-order valence-electron chi connectivity index (χ0n) is 16.9. The average molecular weight is 427 g/mol. The molecule has 162 valence electrons. The summed E-state index contributed by atoms with van der Waals surface area (Å²) in [6.07, 6.45) is 3.82. The van der Waals surface area contributed by atoms with Gasteiger partial charge in [0.15, 0.2) is 17.1 Å². The van der Waals surface area contributed by atoms with Crippen LogP contribution in [0.2, 0.25) is 0 Å². The summed E-state index contributed by atoms with van der Waals surface area (Å²) >= 11 is 0. The first-order valence-electron chi connectivity index (χ1n) is 10.1. The van der Waals surface area contributed by atoms with Crippen molar-refractivity contribution in [1.29, 1.82) is 0 Å². The molecule has 5 rings (SSSR count). The van der Waals surface area contributed by atoms with Gasteiger partial charge in [-0.15, -0.1) is 0 Å². The second-order valence-electron chi connectivity index (χ2n) is 7.45. The molecular formula is C20H22FN7O3. The number of carbonyl (C=O) groups is 1. The summed E-state index contributed by atoms with van der Waals surface area (Å²) in [6, 6.07) is 4.29. The van der Waals surface area contributed by atoms with Crippen molar-refractivity contribution < 1.29 is 18.7 Å². The Morgan fingerprint density at radius 2 is 2.10 bits per heavy atom. The van der Waals surface area contributed by atoms with Crippen molar-refractivity contribution in [1.82, 2.24) is 25.4 Å². The number of nitrogens with zero attached hydrogens (tertiary/aromatic N) is 3. The fraction of sp³-hybridized carbons (Fsp3) is 0.350. The Hall–Kier alpha value is -3.60. The van der Waals surface area contributed by atoms with Crippen LogP contribution in [0.25, 0.3) is 5.65 Å². The number of hydrazine groups is 1. The van der Waals surface area contributed by atoms with Gasteiger partial charge in [0.05, 0.1) is 11.9 Å². The molecule has 1 aromatic carbocycles. The highest BCUT2D eigenvalue weighted by atomic mass is 19.1. The largest absolute Gasteiger partial charge is 0.486 e. The van der Waals surface area contributed by atoms with Crippen LogP contribution in [0.15, 0.2) is 24.4 Å². The molecule has 1 aliphatic heterocycles. The van der Waals surface area contributed by atoms with Gasteiger partial charge in [-0.2, -0.15) is 9.61 Å². The molecule has 0 saturated heterocycles. The SMILES string of the molecule is CNc1cc(Nc2cc(F)cc3c2OCCO3)nc2c(C(=O)NNCC3CC3)cnn12. The molecule has 4 N–H and O–H groups in total. The van der Waals surface area contributed by atoms with Crippen LogP contribution in [-0.4, -0.2) is 47.3 Å². The van der Waals surface area contributed by atoms with E-state index in [0.29, 0.717) is 59.2 Å². The van der Waals surface area contributed by atoms with E-state index in [9.17, 15) is 9.18 Å². The molecule has 3 aromatic rings. The number of carbonyl (C=O) groups excluding carboxylic acids is 1. The van der Waals surface area contributed by atoms with Crippen LogP contribution in [0.3, 0.4) is 0 Å². The van der Waals surface area contributed by atoms with Gasteiger partial charge in [0, 0.05) is 31.8 Å². The van der Waals surface area contributed by atoms with Gasteiger partial charge in [-0.25, -0.2) is 14.8 Å². The van der Waals surface area contributed by atoms with Gasteiger partial charge < -0.3 is 20.1 Å². The number of nitrogens with one attached hydrogen (secondary N) is 4. The summed E-state index contributed by atoms with van der Waals surface area (Å²) in [5, 5.41) is 10.4. The third-order valence-corrected chi connectivity index (χ3v) is 5.13. The van der Waals surface area contributed by atoms with Crippen molar-refractivity contribution >= 4 is 28.9 Å². The van der Waals surface area contributed by atoms with Crippen LogP contribution >= 0.6 is 0 Å². The predicted molar refractivity (Wildman–Crippen MR) is 111 cm³/mol. The van der Waals surface area contributed by atoms with Crippen molar-refractivity contribution in [3.05, 3.63) is 35.8 Å². The summed E-state index contributed by atoms with van der Waals surface area (Å²) in [7, 11) is 1.73. The van der Waals surface area contributed by atoms with Crippen LogP contribution in [0, 0.1) is 11.7 Å². The number of halogens is 1. The molecule has 1 saturated carbocycles. The number of hydrogen-bond acceptors (Lipinski definition) is 8. The highest BCUT2D eigenvalue weighted by Crippen LogP contribution is 2.40. The lowest BCUT2D eigenvalue weighted by Crippen LogP contribution is -2.38. The highest BCUT2D eigenvalue weighted by Gasteiger charge is 2.23. The molecule has 3 heterocycles.